The highest BCUT2D eigenvalue weighted by Gasteiger charge is 2.53. The van der Waals surface area contributed by atoms with Crippen LogP contribution in [-0.2, 0) is 0 Å². The average Bonchev–Trinajstić information content (AvgIpc) is 2.42. The van der Waals surface area contributed by atoms with Crippen molar-refractivity contribution >= 4 is 8.07 Å². The summed E-state index contributed by atoms with van der Waals surface area (Å²) in [4.78, 5) is 0. The molecule has 0 nitrogen and oxygen atoms in total. The van der Waals surface area contributed by atoms with Gasteiger partial charge in [-0.15, -0.1) is 0 Å². The van der Waals surface area contributed by atoms with E-state index in [4.69, 9.17) is 0 Å². The number of hydrogen-bond acceptors (Lipinski definition) is 0. The van der Waals surface area contributed by atoms with Gasteiger partial charge >= 0.3 is 0 Å². The van der Waals surface area contributed by atoms with Crippen molar-refractivity contribution in [3.05, 3.63) is 0 Å². The van der Waals surface area contributed by atoms with Gasteiger partial charge in [0.2, 0.25) is 0 Å². The SMILES string of the molecule is CC(C)C[Si]1(C(C)(C)C)CC1. The maximum Gasteiger partial charge on any atom is 0.0586 e. The van der Waals surface area contributed by atoms with Crippen LogP contribution in [0.15, 0.2) is 0 Å². The molecular weight excluding hydrogens is 148 g/mol. The van der Waals surface area contributed by atoms with E-state index in [2.05, 4.69) is 34.6 Å². The molecule has 0 aliphatic carbocycles. The normalized spacial score (nSPS) is 22.4. The summed E-state index contributed by atoms with van der Waals surface area (Å²) in [6.45, 7) is 12.1. The molecule has 0 atom stereocenters. The Kier molecular flexibility index (Phi) is 2.21. The van der Waals surface area contributed by atoms with E-state index in [-0.39, 0.29) is 0 Å². The van der Waals surface area contributed by atoms with Crippen LogP contribution in [0.1, 0.15) is 34.6 Å². The molecule has 1 heterocycles. The van der Waals surface area contributed by atoms with E-state index in [1.165, 1.54) is 0 Å². The van der Waals surface area contributed by atoms with Crippen LogP contribution in [0.25, 0.3) is 0 Å². The van der Waals surface area contributed by atoms with Gasteiger partial charge in [-0.2, -0.15) is 0 Å². The molecule has 1 heteroatoms. The zero-order chi connectivity index (χ0) is 8.70. The van der Waals surface area contributed by atoms with E-state index in [0.717, 1.165) is 5.92 Å². The lowest BCUT2D eigenvalue weighted by atomic mass is 10.2. The second-order valence-corrected chi connectivity index (χ2v) is 11.1. The Morgan fingerprint density at radius 3 is 1.73 bits per heavy atom. The van der Waals surface area contributed by atoms with Crippen molar-refractivity contribution in [2.24, 2.45) is 5.92 Å². The molecule has 0 amide bonds. The fourth-order valence-corrected chi connectivity index (χ4v) is 7.48. The summed E-state index contributed by atoms with van der Waals surface area (Å²) in [5, 5.41) is 0.678. The summed E-state index contributed by atoms with van der Waals surface area (Å²) in [5.74, 6) is 0.934. The van der Waals surface area contributed by atoms with Gasteiger partial charge in [0.05, 0.1) is 8.07 Å². The van der Waals surface area contributed by atoms with Crippen molar-refractivity contribution in [3.63, 3.8) is 0 Å². The molecule has 0 unspecified atom stereocenters. The Labute approximate surface area is 72.4 Å². The molecule has 0 spiro atoms. The molecule has 0 radical (unpaired) electrons. The minimum absolute atomic E-state index is 0.678. The third kappa shape index (κ3) is 1.87. The molecule has 1 rings (SSSR count). The second-order valence-electron chi connectivity index (χ2n) is 5.63. The molecule has 66 valence electrons. The summed E-state index contributed by atoms with van der Waals surface area (Å²) in [6, 6.07) is 4.78. The van der Waals surface area contributed by atoms with Gasteiger partial charge in [0.1, 0.15) is 0 Å². The summed E-state index contributed by atoms with van der Waals surface area (Å²) < 4.78 is 0. The largest absolute Gasteiger partial charge is 0.0630 e. The summed E-state index contributed by atoms with van der Waals surface area (Å²) in [7, 11) is -0.718. The Morgan fingerprint density at radius 2 is 1.64 bits per heavy atom. The number of rotatable bonds is 2. The summed E-state index contributed by atoms with van der Waals surface area (Å²) in [5.41, 5.74) is 0. The Bertz CT molecular complexity index is 137. The second kappa shape index (κ2) is 2.62. The van der Waals surface area contributed by atoms with Crippen LogP contribution < -0.4 is 0 Å². The third-order valence-corrected chi connectivity index (χ3v) is 9.73. The fraction of sp³-hybridized carbons (Fsp3) is 1.00. The Balaban J connectivity index is 2.54. The minimum atomic E-state index is -0.718. The quantitative estimate of drug-likeness (QED) is 0.551. The topological polar surface area (TPSA) is 0 Å². The van der Waals surface area contributed by atoms with Crippen LogP contribution in [0.5, 0.6) is 0 Å². The summed E-state index contributed by atoms with van der Waals surface area (Å²) in [6.07, 6.45) is 0. The smallest absolute Gasteiger partial charge is 0.0586 e. The van der Waals surface area contributed by atoms with Gasteiger partial charge in [0.25, 0.3) is 0 Å². The van der Waals surface area contributed by atoms with Crippen LogP contribution >= 0.6 is 0 Å². The first kappa shape index (κ1) is 9.31. The van der Waals surface area contributed by atoms with Crippen LogP contribution in [0.2, 0.25) is 23.2 Å². The lowest BCUT2D eigenvalue weighted by Gasteiger charge is -2.30. The fourth-order valence-electron chi connectivity index (χ4n) is 2.19. The predicted octanol–water partition coefficient (Wildman–Crippen LogP) is 3.90. The molecular formula is C10H22Si. The zero-order valence-corrected chi connectivity index (χ0v) is 9.70. The lowest BCUT2D eigenvalue weighted by molar-refractivity contribution is 0.670. The van der Waals surface area contributed by atoms with Crippen molar-refractivity contribution in [1.29, 1.82) is 0 Å². The van der Waals surface area contributed by atoms with Crippen molar-refractivity contribution < 1.29 is 0 Å². The van der Waals surface area contributed by atoms with E-state index in [1.54, 1.807) is 18.1 Å². The van der Waals surface area contributed by atoms with E-state index in [9.17, 15) is 0 Å². The highest BCUT2D eigenvalue weighted by Crippen LogP contribution is 2.57. The molecule has 0 aromatic rings. The number of hydrogen-bond donors (Lipinski definition) is 0. The zero-order valence-electron chi connectivity index (χ0n) is 8.70. The van der Waals surface area contributed by atoms with Crippen LogP contribution in [0, 0.1) is 5.92 Å². The third-order valence-electron chi connectivity index (χ3n) is 3.24. The highest BCUT2D eigenvalue weighted by atomic mass is 28.3. The van der Waals surface area contributed by atoms with Crippen molar-refractivity contribution in [2.75, 3.05) is 0 Å². The molecule has 0 aromatic heterocycles. The predicted molar refractivity (Wildman–Crippen MR) is 54.7 cm³/mol. The molecule has 0 bridgehead atoms. The Morgan fingerprint density at radius 1 is 1.18 bits per heavy atom. The maximum atomic E-state index is 2.45. The monoisotopic (exact) mass is 170 g/mol. The van der Waals surface area contributed by atoms with Gasteiger partial charge < -0.3 is 0 Å². The highest BCUT2D eigenvalue weighted by molar-refractivity contribution is 6.91. The van der Waals surface area contributed by atoms with Crippen molar-refractivity contribution in [3.8, 4) is 0 Å². The molecule has 0 saturated carbocycles. The van der Waals surface area contributed by atoms with E-state index < -0.39 is 8.07 Å². The van der Waals surface area contributed by atoms with Crippen LogP contribution in [0.3, 0.4) is 0 Å². The lowest BCUT2D eigenvalue weighted by Crippen LogP contribution is -2.29. The molecule has 1 fully saturated rings. The van der Waals surface area contributed by atoms with Crippen LogP contribution in [-0.4, -0.2) is 8.07 Å². The average molecular weight is 170 g/mol. The first-order chi connectivity index (χ1) is 4.87. The van der Waals surface area contributed by atoms with Gasteiger partial charge in [0.15, 0.2) is 0 Å². The van der Waals surface area contributed by atoms with Gasteiger partial charge in [-0.25, -0.2) is 0 Å². The van der Waals surface area contributed by atoms with Crippen LogP contribution in [0.4, 0.5) is 0 Å². The van der Waals surface area contributed by atoms with E-state index in [0.29, 0.717) is 5.04 Å². The van der Waals surface area contributed by atoms with E-state index >= 15 is 0 Å². The Hall–Kier alpha value is 0.217. The molecule has 0 aromatic carbocycles. The van der Waals surface area contributed by atoms with Gasteiger partial charge in [-0.1, -0.05) is 52.8 Å². The summed E-state index contributed by atoms with van der Waals surface area (Å²) >= 11 is 0. The maximum absolute atomic E-state index is 2.45. The van der Waals surface area contributed by atoms with Gasteiger partial charge in [-0.05, 0) is 11.0 Å². The minimum Gasteiger partial charge on any atom is -0.0630 e. The van der Waals surface area contributed by atoms with Crippen molar-refractivity contribution in [1.82, 2.24) is 0 Å². The molecule has 0 N–H and O–H groups in total. The van der Waals surface area contributed by atoms with Crippen molar-refractivity contribution in [2.45, 2.75) is 57.8 Å². The van der Waals surface area contributed by atoms with E-state index in [1.807, 2.05) is 0 Å². The molecule has 1 aliphatic rings. The van der Waals surface area contributed by atoms with Gasteiger partial charge in [-0.3, -0.25) is 0 Å². The standard InChI is InChI=1S/C10H22Si/c1-9(2)8-11(6-7-11)10(3,4)5/h9H,6-8H2,1-5H3. The molecule has 1 saturated heterocycles. The first-order valence-corrected chi connectivity index (χ1v) is 7.49. The molecule has 1 aliphatic heterocycles. The first-order valence-electron chi connectivity index (χ1n) is 4.87. The van der Waals surface area contributed by atoms with Gasteiger partial charge in [0, 0.05) is 0 Å². The molecule has 11 heavy (non-hydrogen) atoms.